The van der Waals surface area contributed by atoms with E-state index in [1.54, 1.807) is 163 Å². The van der Waals surface area contributed by atoms with E-state index in [2.05, 4.69) is 15.4 Å². The summed E-state index contributed by atoms with van der Waals surface area (Å²) in [6.07, 6.45) is 8.64. The molecule has 478 valence electrons. The maximum atomic E-state index is 14.3. The predicted molar refractivity (Wildman–Crippen MR) is 350 cm³/mol. The third-order valence-corrected chi connectivity index (χ3v) is 13.6. The molecule has 0 fully saturated rings. The summed E-state index contributed by atoms with van der Waals surface area (Å²) in [5.74, 6) is -6.12. The number of Topliss-reactive ketones (excluding diaryl/α,β-unsaturated/α-hetero) is 1. The van der Waals surface area contributed by atoms with Crippen molar-refractivity contribution in [3.63, 3.8) is 0 Å². The van der Waals surface area contributed by atoms with E-state index in [-0.39, 0.29) is 38.3 Å². The Labute approximate surface area is 542 Å². The highest BCUT2D eigenvalue weighted by molar-refractivity contribution is 8.19. The van der Waals surface area contributed by atoms with Crippen LogP contribution in [0.5, 0.6) is 0 Å². The van der Waals surface area contributed by atoms with Crippen LogP contribution in [0.2, 0.25) is 30.1 Å². The molecular formula is C64H69Cl6F7N4O6S. The molecule has 0 aliphatic rings. The molecule has 0 atom stereocenters. The summed E-state index contributed by atoms with van der Waals surface area (Å²) < 4.78 is 105. The van der Waals surface area contributed by atoms with Gasteiger partial charge in [0.15, 0.2) is 5.78 Å². The number of alkyl halides is 4. The number of ketones is 1. The van der Waals surface area contributed by atoms with Crippen LogP contribution < -0.4 is 21.1 Å². The number of benzene rings is 6. The number of amides is 2. The molecule has 0 saturated heterocycles. The number of hydrogen-bond donors (Lipinski definition) is 4. The van der Waals surface area contributed by atoms with Gasteiger partial charge in [-0.1, -0.05) is 197 Å². The second-order valence-corrected chi connectivity index (χ2v) is 24.7. The van der Waals surface area contributed by atoms with Gasteiger partial charge in [0, 0.05) is 79.7 Å². The van der Waals surface area contributed by atoms with Crippen LogP contribution in [0.15, 0.2) is 127 Å². The van der Waals surface area contributed by atoms with Crippen molar-refractivity contribution in [1.29, 1.82) is 0 Å². The minimum Gasteiger partial charge on any atom is -0.444 e. The molecule has 24 heteroatoms. The zero-order valence-corrected chi connectivity index (χ0v) is 54.4. The number of nitrogens with two attached hydrogens (primary N) is 1. The summed E-state index contributed by atoms with van der Waals surface area (Å²) in [7, 11) is 1.35. The van der Waals surface area contributed by atoms with E-state index in [4.69, 9.17) is 84.8 Å². The monoisotopic (exact) mass is 1360 g/mol. The number of alkyl carbamates (subject to hydrolysis) is 2. The third kappa shape index (κ3) is 32.1. The van der Waals surface area contributed by atoms with E-state index in [0.717, 1.165) is 27.8 Å². The average Bonchev–Trinajstić information content (AvgIpc) is 3.56. The van der Waals surface area contributed by atoms with Gasteiger partial charge in [-0.05, 0) is 111 Å². The van der Waals surface area contributed by atoms with E-state index in [1.807, 2.05) is 42.5 Å². The summed E-state index contributed by atoms with van der Waals surface area (Å²) in [4.78, 5) is 35.4. The minimum atomic E-state index is -5.03. The number of carbonyl (C=O) groups excluding carboxylic acids is 3. The summed E-state index contributed by atoms with van der Waals surface area (Å²) >= 11 is 31.8. The quantitative estimate of drug-likeness (QED) is 0.0317. The lowest BCUT2D eigenvalue weighted by Gasteiger charge is -2.22. The van der Waals surface area contributed by atoms with Crippen LogP contribution in [0.25, 0.3) is 36.5 Å². The molecule has 0 unspecified atom stereocenters. The van der Waals surface area contributed by atoms with Gasteiger partial charge in [-0.3, -0.25) is 4.79 Å². The lowest BCUT2D eigenvalue weighted by Crippen LogP contribution is -2.40. The standard InChI is InChI=1S/C22H23Cl2F2NO2.C22H23Cl2NO3.C17H15Cl2F2N.C3H8F3NOS/c1-21(2,3)29-20(28)27-14-22(25,26)13-16-7-4-6-15(12-16)10-11-17-18(23)8-5-9-19(17)24;1-22(2,3)28-21(27)25-14-17(26)13-16-7-4-6-15(12-16)10-11-18-19(23)8-5-9-20(18)24;18-15-5-2-6-16(19)14(15)8-7-12-3-1-4-13(9-12)10-17(20,21)11-22;1-8-3-2-7-9(4,5)6/h4-12H,13-14H2,1-3H3,(H,27,28);4-12H,13-14H2,1-3H3,(H,25,27);1-9H,10-11,22H2;7H,2-3H2,1H3/b2*11-10+;8-7+;. The number of rotatable bonds is 21. The third-order valence-electron chi connectivity index (χ3n) is 11.1. The number of ether oxygens (including phenoxy) is 3. The van der Waals surface area contributed by atoms with Crippen molar-refractivity contribution in [2.75, 3.05) is 39.9 Å². The lowest BCUT2D eigenvalue weighted by molar-refractivity contribution is -0.117. The molecule has 5 N–H and O–H groups in total. The molecule has 0 spiro atoms. The van der Waals surface area contributed by atoms with Crippen LogP contribution >= 0.6 is 81.0 Å². The zero-order valence-electron chi connectivity index (χ0n) is 49.1. The van der Waals surface area contributed by atoms with Crippen LogP contribution in [-0.4, -0.2) is 80.9 Å². The van der Waals surface area contributed by atoms with Gasteiger partial charge in [0.25, 0.3) is 23.2 Å². The van der Waals surface area contributed by atoms with Gasteiger partial charge in [-0.2, -0.15) is 0 Å². The van der Waals surface area contributed by atoms with Crippen molar-refractivity contribution >= 4 is 135 Å². The van der Waals surface area contributed by atoms with Crippen molar-refractivity contribution in [2.45, 2.75) is 83.9 Å². The molecule has 88 heavy (non-hydrogen) atoms. The second kappa shape index (κ2) is 36.8. The van der Waals surface area contributed by atoms with Gasteiger partial charge in [0.1, 0.15) is 11.2 Å². The van der Waals surface area contributed by atoms with Crippen molar-refractivity contribution in [1.82, 2.24) is 15.4 Å². The van der Waals surface area contributed by atoms with Gasteiger partial charge in [0.2, 0.25) is 0 Å². The first-order chi connectivity index (χ1) is 41.1. The summed E-state index contributed by atoms with van der Waals surface area (Å²) in [5.41, 5.74) is 10.1. The van der Waals surface area contributed by atoms with Gasteiger partial charge < -0.3 is 30.6 Å². The average molecular weight is 1370 g/mol. The molecule has 0 heterocycles. The molecule has 6 rings (SSSR count). The van der Waals surface area contributed by atoms with Crippen LogP contribution in [-0.2, 0) is 38.3 Å². The Kier molecular flexibility index (Phi) is 32.0. The van der Waals surface area contributed by atoms with Crippen molar-refractivity contribution in [3.8, 4) is 0 Å². The number of carbonyl (C=O) groups is 3. The normalized spacial score (nSPS) is 12.1. The first-order valence-corrected chi connectivity index (χ1v) is 30.4. The SMILES string of the molecule is CC(C)(C)OC(=O)NCC(=O)Cc1cccc(/C=C/c2c(Cl)cccc2Cl)c1.CC(C)(C)OC(=O)NCC(F)(F)Cc1cccc(/C=C/c2c(Cl)cccc2Cl)c1.COCCNS(F)(F)F.NCC(F)(F)Cc1cccc(/C=C/c2c(Cl)cccc2Cl)c1. The molecule has 10 nitrogen and oxygen atoms in total. The topological polar surface area (TPSA) is 141 Å². The predicted octanol–water partition coefficient (Wildman–Crippen LogP) is 19.6. The van der Waals surface area contributed by atoms with Crippen molar-refractivity contribution in [2.24, 2.45) is 5.73 Å². The Morgan fingerprint density at radius 1 is 0.511 bits per heavy atom. The molecule has 0 aromatic heterocycles. The highest BCUT2D eigenvalue weighted by Gasteiger charge is 2.31. The van der Waals surface area contributed by atoms with E-state index in [0.29, 0.717) is 52.4 Å². The van der Waals surface area contributed by atoms with Gasteiger partial charge in [-0.25, -0.2) is 31.9 Å². The lowest BCUT2D eigenvalue weighted by atomic mass is 10.0. The highest BCUT2D eigenvalue weighted by Crippen LogP contribution is 2.48. The first kappa shape index (κ1) is 76.5. The fourth-order valence-corrected chi connectivity index (χ4v) is 9.14. The van der Waals surface area contributed by atoms with E-state index >= 15 is 0 Å². The van der Waals surface area contributed by atoms with Crippen molar-refractivity contribution < 1.29 is 57.8 Å². The van der Waals surface area contributed by atoms with E-state index < -0.39 is 66.1 Å². The number of hydrogen-bond acceptors (Lipinski definition) is 8. The maximum absolute atomic E-state index is 14.3. The highest BCUT2D eigenvalue weighted by atomic mass is 35.5. The molecule has 2 amide bonds. The smallest absolute Gasteiger partial charge is 0.408 e. The van der Waals surface area contributed by atoms with Crippen LogP contribution in [0, 0.1) is 0 Å². The second-order valence-electron chi connectivity index (χ2n) is 21.1. The van der Waals surface area contributed by atoms with E-state index in [1.165, 1.54) is 11.8 Å². The number of nitrogens with one attached hydrogen (secondary N) is 3. The molecule has 0 radical (unpaired) electrons. The summed E-state index contributed by atoms with van der Waals surface area (Å²) in [5, 5.41) is 7.82. The van der Waals surface area contributed by atoms with Crippen molar-refractivity contribution in [3.05, 3.63) is 208 Å². The summed E-state index contributed by atoms with van der Waals surface area (Å²) in [6.45, 7) is 8.68. The molecule has 0 aliphatic heterocycles. The molecule has 0 bridgehead atoms. The van der Waals surface area contributed by atoms with Gasteiger partial charge in [-0.15, -0.1) is 11.7 Å². The fraction of sp³-hybridized carbons (Fsp3) is 0.297. The minimum absolute atomic E-state index is 0.0792. The summed E-state index contributed by atoms with van der Waals surface area (Å²) in [6, 6.07) is 37.0. The van der Waals surface area contributed by atoms with Crippen LogP contribution in [0.4, 0.5) is 38.8 Å². The molecular weight excluding hydrogens is 1300 g/mol. The Morgan fingerprint density at radius 2 is 0.852 bits per heavy atom. The Bertz CT molecular complexity index is 3260. The molecule has 0 saturated carbocycles. The molecule has 0 aliphatic carbocycles. The van der Waals surface area contributed by atoms with Gasteiger partial charge in [0.05, 0.1) is 26.2 Å². The number of methoxy groups -OCH3 is 1. The Balaban J connectivity index is 0.000000324. The fourth-order valence-electron chi connectivity index (χ4n) is 7.25. The zero-order chi connectivity index (χ0) is 65.9. The Hall–Kier alpha value is -5.77. The maximum Gasteiger partial charge on any atom is 0.408 e. The van der Waals surface area contributed by atoms with Gasteiger partial charge >= 0.3 is 12.2 Å². The van der Waals surface area contributed by atoms with Crippen LogP contribution in [0.3, 0.4) is 0 Å². The number of halogens is 13. The first-order valence-electron chi connectivity index (χ1n) is 26.8. The largest absolute Gasteiger partial charge is 0.444 e. The molecule has 6 aromatic rings. The van der Waals surface area contributed by atoms with Crippen LogP contribution in [0.1, 0.15) is 91.6 Å². The molecule has 6 aromatic carbocycles. The van der Waals surface area contributed by atoms with E-state index in [9.17, 15) is 43.6 Å². The Morgan fingerprint density at radius 3 is 1.20 bits per heavy atom.